The lowest BCUT2D eigenvalue weighted by Crippen LogP contribution is -2.10. The summed E-state index contributed by atoms with van der Waals surface area (Å²) in [5, 5.41) is 9.37. The van der Waals surface area contributed by atoms with Crippen LogP contribution < -0.4 is 4.90 Å². The van der Waals surface area contributed by atoms with E-state index in [0.29, 0.717) is 0 Å². The van der Waals surface area contributed by atoms with Gasteiger partial charge < -0.3 is 13.9 Å². The van der Waals surface area contributed by atoms with E-state index in [1.807, 2.05) is 0 Å². The molecular formula is C44H28N2O. The number of benzene rings is 8. The summed E-state index contributed by atoms with van der Waals surface area (Å²) >= 11 is 0. The van der Waals surface area contributed by atoms with Crippen molar-refractivity contribution in [3.05, 3.63) is 170 Å². The average Bonchev–Trinajstić information content (AvgIpc) is 3.68. The van der Waals surface area contributed by atoms with Crippen molar-refractivity contribution in [3.8, 4) is 5.69 Å². The predicted octanol–water partition coefficient (Wildman–Crippen LogP) is 12.5. The average molecular weight is 601 g/mol. The summed E-state index contributed by atoms with van der Waals surface area (Å²) in [7, 11) is 0. The van der Waals surface area contributed by atoms with Crippen LogP contribution in [0.15, 0.2) is 174 Å². The molecule has 0 fully saturated rings. The summed E-state index contributed by atoms with van der Waals surface area (Å²) in [5.41, 5.74) is 8.43. The molecule has 0 radical (unpaired) electrons. The van der Waals surface area contributed by atoms with Crippen molar-refractivity contribution in [2.45, 2.75) is 0 Å². The number of aromatic nitrogens is 1. The van der Waals surface area contributed by atoms with E-state index in [2.05, 4.69) is 179 Å². The first kappa shape index (κ1) is 26.0. The van der Waals surface area contributed by atoms with E-state index >= 15 is 0 Å². The molecule has 0 saturated heterocycles. The first-order valence-corrected chi connectivity index (χ1v) is 16.0. The van der Waals surface area contributed by atoms with Gasteiger partial charge in [0.1, 0.15) is 5.58 Å². The molecule has 2 heterocycles. The zero-order chi connectivity index (χ0) is 30.9. The maximum absolute atomic E-state index is 6.91. The fourth-order valence-electron chi connectivity index (χ4n) is 7.45. The Balaban J connectivity index is 1.34. The number of hydrogen-bond acceptors (Lipinski definition) is 2. The Morgan fingerprint density at radius 2 is 1.04 bits per heavy atom. The summed E-state index contributed by atoms with van der Waals surface area (Å²) in [5.74, 6) is 0. The van der Waals surface area contributed by atoms with Crippen LogP contribution in [0.2, 0.25) is 0 Å². The molecule has 0 spiro atoms. The lowest BCUT2D eigenvalue weighted by molar-refractivity contribution is 0.673. The Bertz CT molecular complexity index is 2790. The first-order chi connectivity index (χ1) is 23.3. The third-order valence-electron chi connectivity index (χ3n) is 9.51. The molecule has 10 rings (SSSR count). The molecule has 0 aliphatic rings. The first-order valence-electron chi connectivity index (χ1n) is 16.0. The van der Waals surface area contributed by atoms with Gasteiger partial charge in [0, 0.05) is 38.3 Å². The van der Waals surface area contributed by atoms with Gasteiger partial charge in [-0.1, -0.05) is 109 Å². The molecule has 0 saturated carbocycles. The van der Waals surface area contributed by atoms with Crippen LogP contribution in [0.1, 0.15) is 0 Å². The molecule has 0 aliphatic heterocycles. The lowest BCUT2D eigenvalue weighted by Gasteiger charge is -2.26. The number of rotatable bonds is 4. The van der Waals surface area contributed by atoms with Crippen molar-refractivity contribution in [1.82, 2.24) is 4.57 Å². The minimum absolute atomic E-state index is 0.872. The lowest BCUT2D eigenvalue weighted by atomic mass is 10.0. The third kappa shape index (κ3) is 3.87. The number of anilines is 3. The molecule has 0 unspecified atom stereocenters. The van der Waals surface area contributed by atoms with E-state index in [0.717, 1.165) is 55.6 Å². The zero-order valence-electron chi connectivity index (χ0n) is 25.5. The number of para-hydroxylation sites is 3. The van der Waals surface area contributed by atoms with Crippen LogP contribution in [0.4, 0.5) is 17.1 Å². The van der Waals surface area contributed by atoms with Crippen molar-refractivity contribution in [2.24, 2.45) is 0 Å². The molecule has 220 valence electrons. The predicted molar refractivity (Wildman–Crippen MR) is 198 cm³/mol. The van der Waals surface area contributed by atoms with Gasteiger partial charge in [-0.05, 0) is 76.8 Å². The van der Waals surface area contributed by atoms with E-state index in [1.165, 1.54) is 32.4 Å². The van der Waals surface area contributed by atoms with Crippen LogP contribution in [-0.2, 0) is 0 Å². The zero-order valence-corrected chi connectivity index (χ0v) is 25.5. The van der Waals surface area contributed by atoms with Gasteiger partial charge >= 0.3 is 0 Å². The molecule has 0 amide bonds. The number of fused-ring (bicyclic) bond motifs is 9. The van der Waals surface area contributed by atoms with Crippen LogP contribution in [-0.4, -0.2) is 4.57 Å². The van der Waals surface area contributed by atoms with Gasteiger partial charge in [-0.2, -0.15) is 0 Å². The van der Waals surface area contributed by atoms with Crippen molar-refractivity contribution < 1.29 is 4.42 Å². The number of nitrogens with zero attached hydrogens (tertiary/aromatic N) is 2. The van der Waals surface area contributed by atoms with Crippen LogP contribution in [0.25, 0.3) is 71.0 Å². The van der Waals surface area contributed by atoms with E-state index in [-0.39, 0.29) is 0 Å². The molecule has 8 aromatic carbocycles. The summed E-state index contributed by atoms with van der Waals surface area (Å²) in [6, 6.07) is 60.7. The second kappa shape index (κ2) is 10.1. The maximum Gasteiger partial charge on any atom is 0.159 e. The molecule has 0 aliphatic carbocycles. The van der Waals surface area contributed by atoms with Gasteiger partial charge in [0.15, 0.2) is 5.58 Å². The maximum atomic E-state index is 6.91. The van der Waals surface area contributed by atoms with Gasteiger partial charge in [0.05, 0.1) is 22.4 Å². The van der Waals surface area contributed by atoms with Gasteiger partial charge in [-0.25, -0.2) is 0 Å². The van der Waals surface area contributed by atoms with Crippen LogP contribution >= 0.6 is 0 Å². The monoisotopic (exact) mass is 600 g/mol. The van der Waals surface area contributed by atoms with Crippen LogP contribution in [0.5, 0.6) is 0 Å². The highest BCUT2D eigenvalue weighted by Crippen LogP contribution is 2.47. The molecule has 2 aromatic heterocycles. The van der Waals surface area contributed by atoms with Crippen molar-refractivity contribution >= 4 is 82.4 Å². The molecule has 0 bridgehead atoms. The van der Waals surface area contributed by atoms with Crippen LogP contribution in [0.3, 0.4) is 0 Å². The molecule has 0 N–H and O–H groups in total. The van der Waals surface area contributed by atoms with E-state index in [9.17, 15) is 0 Å². The Kier molecular flexibility index (Phi) is 5.57. The fraction of sp³-hybridized carbons (Fsp3) is 0. The quantitative estimate of drug-likeness (QED) is 0.200. The Hall–Kier alpha value is -6.32. The Morgan fingerprint density at radius 1 is 0.404 bits per heavy atom. The van der Waals surface area contributed by atoms with Gasteiger partial charge in [-0.15, -0.1) is 0 Å². The standard InChI is InChI=1S/C44H28N2O/c1-3-16-32(17-4-1)45(40-24-11-21-35-36-26-25-29-13-9-10-20-34(29)43(36)47-44(35)40)38-22-12-23-39-42(38)37-27-30-14-7-8-15-31(30)28-41(37)46(39)33-18-5-2-6-19-33/h1-28H. The second-order valence-electron chi connectivity index (χ2n) is 12.1. The fourth-order valence-corrected chi connectivity index (χ4v) is 7.45. The summed E-state index contributed by atoms with van der Waals surface area (Å²) in [4.78, 5) is 2.37. The second-order valence-corrected chi connectivity index (χ2v) is 12.1. The van der Waals surface area contributed by atoms with E-state index in [4.69, 9.17) is 4.42 Å². The Labute approximate surface area is 271 Å². The third-order valence-corrected chi connectivity index (χ3v) is 9.51. The topological polar surface area (TPSA) is 21.3 Å². The highest BCUT2D eigenvalue weighted by molar-refractivity contribution is 6.21. The Morgan fingerprint density at radius 3 is 1.87 bits per heavy atom. The highest BCUT2D eigenvalue weighted by Gasteiger charge is 2.24. The van der Waals surface area contributed by atoms with Gasteiger partial charge in [0.25, 0.3) is 0 Å². The molecule has 3 nitrogen and oxygen atoms in total. The number of hydrogen-bond donors (Lipinski definition) is 0. The normalized spacial score (nSPS) is 11.8. The molecule has 0 atom stereocenters. The minimum atomic E-state index is 0.872. The van der Waals surface area contributed by atoms with Crippen molar-refractivity contribution in [3.63, 3.8) is 0 Å². The van der Waals surface area contributed by atoms with Crippen molar-refractivity contribution in [1.29, 1.82) is 0 Å². The molecule has 10 aromatic rings. The van der Waals surface area contributed by atoms with Gasteiger partial charge in [0.2, 0.25) is 0 Å². The van der Waals surface area contributed by atoms with Crippen molar-refractivity contribution in [2.75, 3.05) is 4.90 Å². The SMILES string of the molecule is c1ccc(N(c2cccc3c2oc2c4ccccc4ccc32)c2cccc3c2c2cc4ccccc4cc2n3-c2ccccc2)cc1. The summed E-state index contributed by atoms with van der Waals surface area (Å²) in [6.45, 7) is 0. The largest absolute Gasteiger partial charge is 0.453 e. The highest BCUT2D eigenvalue weighted by atomic mass is 16.3. The van der Waals surface area contributed by atoms with Crippen LogP contribution in [0, 0.1) is 0 Å². The molecular weight excluding hydrogens is 572 g/mol. The molecule has 3 heteroatoms. The summed E-state index contributed by atoms with van der Waals surface area (Å²) in [6.07, 6.45) is 0. The van der Waals surface area contributed by atoms with Gasteiger partial charge in [-0.3, -0.25) is 0 Å². The smallest absolute Gasteiger partial charge is 0.159 e. The minimum Gasteiger partial charge on any atom is -0.453 e. The summed E-state index contributed by atoms with van der Waals surface area (Å²) < 4.78 is 9.31. The van der Waals surface area contributed by atoms with E-state index in [1.54, 1.807) is 0 Å². The van der Waals surface area contributed by atoms with E-state index < -0.39 is 0 Å². The molecule has 47 heavy (non-hydrogen) atoms. The number of furan rings is 1.